The molecule has 3 aliphatic rings. The van der Waals surface area contributed by atoms with Crippen molar-refractivity contribution in [3.8, 4) is 0 Å². The number of hydrogen-bond acceptors (Lipinski definition) is 9. The summed E-state index contributed by atoms with van der Waals surface area (Å²) < 4.78 is 38.0. The number of esters is 1. The Balaban J connectivity index is 1.87. The zero-order valence-electron chi connectivity index (χ0n) is 28.4. The second-order valence-corrected chi connectivity index (χ2v) is 17.1. The van der Waals surface area contributed by atoms with Crippen molar-refractivity contribution in [3.05, 3.63) is 25.3 Å². The molecular weight excluding hydrogens is 612 g/mol. The van der Waals surface area contributed by atoms with E-state index in [-0.39, 0.29) is 50.7 Å². The number of likely N-dealkylation sites (tertiary alicyclic amines) is 1. The molecule has 2 N–H and O–H groups in total. The Morgan fingerprint density at radius 1 is 1.17 bits per heavy atom. The second-order valence-electron chi connectivity index (χ2n) is 14.9. The Hall–Kier alpha value is -2.57. The molecular formula is C34H54N2O9S. The van der Waals surface area contributed by atoms with E-state index in [0.29, 0.717) is 19.3 Å². The first-order chi connectivity index (χ1) is 21.3. The smallest absolute Gasteiger partial charge is 0.307 e. The highest BCUT2D eigenvalue weighted by Gasteiger charge is 2.62. The summed E-state index contributed by atoms with van der Waals surface area (Å²) in [4.78, 5) is 56.1. The van der Waals surface area contributed by atoms with Gasteiger partial charge in [-0.3, -0.25) is 23.9 Å². The molecule has 0 spiro atoms. The van der Waals surface area contributed by atoms with Crippen LogP contribution in [0.2, 0.25) is 0 Å². The van der Waals surface area contributed by atoms with Crippen molar-refractivity contribution in [2.75, 3.05) is 20.3 Å². The van der Waals surface area contributed by atoms with Gasteiger partial charge in [0.25, 0.3) is 0 Å². The van der Waals surface area contributed by atoms with Crippen molar-refractivity contribution in [1.82, 2.24) is 9.62 Å². The van der Waals surface area contributed by atoms with Gasteiger partial charge in [-0.05, 0) is 84.0 Å². The van der Waals surface area contributed by atoms with Crippen LogP contribution in [-0.2, 0) is 38.7 Å². The molecule has 46 heavy (non-hydrogen) atoms. The molecule has 2 amide bonds. The molecule has 1 unspecified atom stereocenters. The average molecular weight is 667 g/mol. The van der Waals surface area contributed by atoms with E-state index in [4.69, 9.17) is 9.47 Å². The summed E-state index contributed by atoms with van der Waals surface area (Å²) in [7, 11) is -2.40. The summed E-state index contributed by atoms with van der Waals surface area (Å²) in [5, 5.41) is 10.7. The molecule has 0 aromatic rings. The van der Waals surface area contributed by atoms with Crippen LogP contribution in [0.25, 0.3) is 0 Å². The largest absolute Gasteiger partial charge is 0.460 e. The van der Waals surface area contributed by atoms with Gasteiger partial charge in [0.05, 0.1) is 34.6 Å². The van der Waals surface area contributed by atoms with Crippen molar-refractivity contribution < 1.29 is 42.2 Å². The van der Waals surface area contributed by atoms with Gasteiger partial charge >= 0.3 is 5.97 Å². The van der Waals surface area contributed by atoms with Gasteiger partial charge in [-0.1, -0.05) is 19.1 Å². The van der Waals surface area contributed by atoms with Gasteiger partial charge in [0.2, 0.25) is 21.8 Å². The lowest BCUT2D eigenvalue weighted by Gasteiger charge is -2.34. The van der Waals surface area contributed by atoms with Crippen molar-refractivity contribution in [1.29, 1.82) is 0 Å². The molecule has 1 saturated heterocycles. The summed E-state index contributed by atoms with van der Waals surface area (Å²) in [6.45, 7) is 16.5. The number of nitrogens with one attached hydrogen (secondary N) is 1. The fraction of sp³-hybridized carbons (Fsp3) is 0.765. The Bertz CT molecular complexity index is 1290. The molecule has 3 fully saturated rings. The van der Waals surface area contributed by atoms with Crippen LogP contribution in [0.1, 0.15) is 92.4 Å². The van der Waals surface area contributed by atoms with Gasteiger partial charge in [-0.15, -0.1) is 13.2 Å². The zero-order chi connectivity index (χ0) is 34.7. The lowest BCUT2D eigenvalue weighted by molar-refractivity contribution is -0.160. The predicted molar refractivity (Wildman–Crippen MR) is 174 cm³/mol. The monoisotopic (exact) mass is 666 g/mol. The van der Waals surface area contributed by atoms with E-state index < -0.39 is 73.3 Å². The Morgan fingerprint density at radius 2 is 1.83 bits per heavy atom. The van der Waals surface area contributed by atoms with E-state index in [1.54, 1.807) is 33.8 Å². The molecule has 1 aliphatic heterocycles. The molecule has 3 rings (SSSR count). The van der Waals surface area contributed by atoms with Gasteiger partial charge in [0, 0.05) is 33.1 Å². The van der Waals surface area contributed by atoms with Gasteiger partial charge in [0.15, 0.2) is 5.78 Å². The van der Waals surface area contributed by atoms with Crippen LogP contribution in [0.3, 0.4) is 0 Å². The van der Waals surface area contributed by atoms with E-state index in [9.17, 15) is 32.7 Å². The molecule has 2 aliphatic carbocycles. The summed E-state index contributed by atoms with van der Waals surface area (Å²) >= 11 is 0. The third-order valence-corrected chi connectivity index (χ3v) is 11.9. The van der Waals surface area contributed by atoms with Crippen molar-refractivity contribution >= 4 is 33.6 Å². The van der Waals surface area contributed by atoms with E-state index >= 15 is 0 Å². The van der Waals surface area contributed by atoms with Crippen LogP contribution >= 0.6 is 0 Å². The number of rotatable bonds is 18. The molecule has 260 valence electrons. The first kappa shape index (κ1) is 37.9. The summed E-state index contributed by atoms with van der Waals surface area (Å²) in [6.07, 6.45) is 5.19. The number of Topliss-reactive ketones (excluding diaryl/α,β-unsaturated/α-hetero) is 1. The van der Waals surface area contributed by atoms with E-state index in [2.05, 4.69) is 24.8 Å². The van der Waals surface area contributed by atoms with Crippen LogP contribution < -0.4 is 4.72 Å². The normalized spacial score (nSPS) is 27.2. The number of aliphatic hydroxyl groups excluding tert-OH is 1. The number of ketones is 1. The molecule has 7 atom stereocenters. The van der Waals surface area contributed by atoms with Gasteiger partial charge < -0.3 is 19.5 Å². The Kier molecular flexibility index (Phi) is 12.1. The lowest BCUT2D eigenvalue weighted by Crippen LogP contribution is -2.48. The maximum Gasteiger partial charge on any atom is 0.307 e. The van der Waals surface area contributed by atoms with Crippen LogP contribution in [-0.4, -0.2) is 84.7 Å². The summed E-state index contributed by atoms with van der Waals surface area (Å²) in [5.74, 6) is -3.68. The van der Waals surface area contributed by atoms with E-state index in [1.165, 1.54) is 12.0 Å². The first-order valence-corrected chi connectivity index (χ1v) is 17.8. The third kappa shape index (κ3) is 9.07. The van der Waals surface area contributed by atoms with Gasteiger partial charge in [0.1, 0.15) is 5.60 Å². The SMILES string of the molecule is C=CCCC(C)C[C@@H](COC)[C@H](CC(=O)OC(C)(C)C)C(=O)N1C[C@H](O)C[C@H]1C(=O)C[C@]1(C(=O)NS(=O)(=O)C2(C)CC2)C[C@H]1C=C. The molecule has 1 heterocycles. The number of carbonyl (C=O) groups is 4. The molecule has 12 heteroatoms. The number of β-amino-alcohol motifs (C(OH)–C–C–N with tert-alkyl or cyclic N) is 1. The molecule has 0 radical (unpaired) electrons. The van der Waals surface area contributed by atoms with Crippen molar-refractivity contribution in [2.45, 2.75) is 115 Å². The van der Waals surface area contributed by atoms with Crippen LogP contribution in [0.15, 0.2) is 25.3 Å². The number of aliphatic hydroxyl groups is 1. The highest BCUT2D eigenvalue weighted by atomic mass is 32.2. The Labute approximate surface area is 274 Å². The lowest BCUT2D eigenvalue weighted by atomic mass is 9.81. The molecule has 0 aromatic carbocycles. The van der Waals surface area contributed by atoms with Crippen LogP contribution in [0.4, 0.5) is 0 Å². The number of amides is 2. The topological polar surface area (TPSA) is 156 Å². The molecule has 0 aromatic heterocycles. The third-order valence-electron chi connectivity index (χ3n) is 9.77. The van der Waals surface area contributed by atoms with Crippen molar-refractivity contribution in [3.63, 3.8) is 0 Å². The van der Waals surface area contributed by atoms with Crippen LogP contribution in [0, 0.1) is 29.1 Å². The minimum atomic E-state index is -3.93. The summed E-state index contributed by atoms with van der Waals surface area (Å²) in [6, 6.07) is -1.04. The quantitative estimate of drug-likeness (QED) is 0.165. The summed E-state index contributed by atoms with van der Waals surface area (Å²) in [5.41, 5.74) is -2.07. The number of hydrogen-bond donors (Lipinski definition) is 2. The maximum atomic E-state index is 14.4. The Morgan fingerprint density at radius 3 is 2.35 bits per heavy atom. The fourth-order valence-electron chi connectivity index (χ4n) is 6.60. The molecule has 11 nitrogen and oxygen atoms in total. The fourth-order valence-corrected chi connectivity index (χ4v) is 7.93. The molecule has 2 saturated carbocycles. The number of methoxy groups -OCH3 is 1. The van der Waals surface area contributed by atoms with Gasteiger partial charge in [-0.2, -0.15) is 0 Å². The highest BCUT2D eigenvalue weighted by molar-refractivity contribution is 7.91. The molecule has 0 bridgehead atoms. The van der Waals surface area contributed by atoms with Crippen molar-refractivity contribution in [2.24, 2.45) is 29.1 Å². The standard InChI is InChI=1S/C34H54N2O9S/c1-9-11-12-22(3)15-23(21-44-8)26(17-29(39)45-32(4,5)6)30(40)36-20-25(37)16-27(36)28(38)19-34(18-24(34)10-2)31(41)35-46(42,43)33(7)13-14-33/h9-10,22-27,37H,1-2,11-21H2,3-8H3,(H,35,41)/t22?,23-,24+,25+,26-,27-,34+/m0/s1. The maximum absolute atomic E-state index is 14.4. The minimum absolute atomic E-state index is 0.0266. The van der Waals surface area contributed by atoms with E-state index in [1.807, 2.05) is 6.08 Å². The minimum Gasteiger partial charge on any atom is -0.460 e. The average Bonchev–Trinajstić information content (AvgIpc) is 3.84. The first-order valence-electron chi connectivity index (χ1n) is 16.3. The van der Waals surface area contributed by atoms with E-state index in [0.717, 1.165) is 12.8 Å². The van der Waals surface area contributed by atoms with Gasteiger partial charge in [-0.25, -0.2) is 8.42 Å². The number of allylic oxidation sites excluding steroid dienone is 2. The number of ether oxygens (including phenoxy) is 2. The highest BCUT2D eigenvalue weighted by Crippen LogP contribution is 2.57. The number of sulfonamides is 1. The zero-order valence-corrected chi connectivity index (χ0v) is 29.2. The number of nitrogens with zero attached hydrogens (tertiary/aromatic N) is 1. The number of carbonyl (C=O) groups excluding carboxylic acids is 4. The second kappa shape index (κ2) is 14.7. The van der Waals surface area contributed by atoms with Crippen LogP contribution in [0.5, 0.6) is 0 Å². The predicted octanol–water partition coefficient (Wildman–Crippen LogP) is 3.70.